The highest BCUT2D eigenvalue weighted by Gasteiger charge is 2.12. The molecule has 0 unspecified atom stereocenters. The molecule has 1 heterocycles. The van der Waals surface area contributed by atoms with Gasteiger partial charge in [0, 0.05) is 8.95 Å². The molecule has 0 N–H and O–H groups in total. The number of ether oxygens (including phenoxy) is 1. The van der Waals surface area contributed by atoms with E-state index < -0.39 is 0 Å². The predicted molar refractivity (Wildman–Crippen MR) is 72.1 cm³/mol. The number of hydrogen-bond acceptors (Lipinski definition) is 4. The van der Waals surface area contributed by atoms with Gasteiger partial charge < -0.3 is 9.64 Å². The highest BCUT2D eigenvalue weighted by molar-refractivity contribution is 9.11. The molecule has 0 spiro atoms. The van der Waals surface area contributed by atoms with Gasteiger partial charge in [-0.2, -0.15) is 4.99 Å². The van der Waals surface area contributed by atoms with E-state index in [1.165, 1.54) is 0 Å². The fourth-order valence-corrected chi connectivity index (χ4v) is 2.58. The lowest BCUT2D eigenvalue weighted by molar-refractivity contribution is 0.394. The maximum absolute atomic E-state index is 4.93. The molecular formula is C10H9Br2N3O. The third-order valence-corrected chi connectivity index (χ3v) is 3.20. The summed E-state index contributed by atoms with van der Waals surface area (Å²) in [5.74, 6) is 0. The zero-order valence-corrected chi connectivity index (χ0v) is 11.7. The van der Waals surface area contributed by atoms with Crippen molar-refractivity contribution in [3.8, 4) is 0 Å². The van der Waals surface area contributed by atoms with Gasteiger partial charge in [-0.05, 0) is 34.1 Å². The van der Waals surface area contributed by atoms with Crippen molar-refractivity contribution in [2.75, 3.05) is 18.7 Å². The second-order valence-electron chi connectivity index (χ2n) is 3.10. The SMILES string of the molecule is COC1=NCN(c2ccc(Br)cc2Br)C=N1. The summed E-state index contributed by atoms with van der Waals surface area (Å²) in [4.78, 5) is 10.2. The molecule has 1 aliphatic rings. The number of methoxy groups -OCH3 is 1. The molecule has 84 valence electrons. The summed E-state index contributed by atoms with van der Waals surface area (Å²) in [6, 6.07) is 6.36. The van der Waals surface area contributed by atoms with Gasteiger partial charge >= 0.3 is 6.02 Å². The minimum Gasteiger partial charge on any atom is -0.467 e. The van der Waals surface area contributed by atoms with Crippen molar-refractivity contribution in [3.63, 3.8) is 0 Å². The number of benzene rings is 1. The fraction of sp³-hybridized carbons (Fsp3) is 0.200. The molecule has 1 aromatic carbocycles. The molecule has 0 saturated heterocycles. The van der Waals surface area contributed by atoms with Crippen LogP contribution in [0.25, 0.3) is 0 Å². The molecule has 0 aromatic heterocycles. The third kappa shape index (κ3) is 2.44. The van der Waals surface area contributed by atoms with Gasteiger partial charge in [0.05, 0.1) is 12.8 Å². The second-order valence-corrected chi connectivity index (χ2v) is 4.87. The van der Waals surface area contributed by atoms with Crippen molar-refractivity contribution in [2.24, 2.45) is 9.98 Å². The summed E-state index contributed by atoms with van der Waals surface area (Å²) in [5, 5.41) is 0. The van der Waals surface area contributed by atoms with Crippen molar-refractivity contribution < 1.29 is 4.74 Å². The summed E-state index contributed by atoms with van der Waals surface area (Å²) >= 11 is 6.91. The van der Waals surface area contributed by atoms with Gasteiger partial charge in [-0.1, -0.05) is 15.9 Å². The summed E-state index contributed by atoms with van der Waals surface area (Å²) in [6.45, 7) is 0.507. The molecule has 0 atom stereocenters. The summed E-state index contributed by atoms with van der Waals surface area (Å²) < 4.78 is 6.95. The Hall–Kier alpha value is -0.880. The number of aliphatic imine (C=N–C) groups is 2. The lowest BCUT2D eigenvalue weighted by Gasteiger charge is -2.21. The molecule has 0 amide bonds. The zero-order valence-electron chi connectivity index (χ0n) is 8.52. The van der Waals surface area contributed by atoms with Crippen molar-refractivity contribution >= 4 is 49.9 Å². The summed E-state index contributed by atoms with van der Waals surface area (Å²) in [5.41, 5.74) is 1.02. The van der Waals surface area contributed by atoms with Crippen LogP contribution in [0.3, 0.4) is 0 Å². The van der Waals surface area contributed by atoms with E-state index >= 15 is 0 Å². The largest absolute Gasteiger partial charge is 0.467 e. The highest BCUT2D eigenvalue weighted by atomic mass is 79.9. The van der Waals surface area contributed by atoms with Gasteiger partial charge in [0.2, 0.25) is 0 Å². The zero-order chi connectivity index (χ0) is 11.5. The van der Waals surface area contributed by atoms with Gasteiger partial charge in [0.15, 0.2) is 0 Å². The Morgan fingerprint density at radius 2 is 2.19 bits per heavy atom. The van der Waals surface area contributed by atoms with E-state index in [1.807, 2.05) is 23.1 Å². The standard InChI is InChI=1S/C10H9Br2N3O/c1-16-10-13-5-15(6-14-10)9-3-2-7(11)4-8(9)12/h2-5H,6H2,1H3. The van der Waals surface area contributed by atoms with Crippen molar-refractivity contribution in [1.29, 1.82) is 0 Å². The molecule has 4 nitrogen and oxygen atoms in total. The molecule has 0 aliphatic carbocycles. The maximum atomic E-state index is 4.93. The third-order valence-electron chi connectivity index (χ3n) is 2.07. The predicted octanol–water partition coefficient (Wildman–Crippen LogP) is 3.02. The number of amidine groups is 1. The fourth-order valence-electron chi connectivity index (χ4n) is 1.30. The Kier molecular flexibility index (Phi) is 3.60. The monoisotopic (exact) mass is 345 g/mol. The van der Waals surface area contributed by atoms with E-state index in [0.717, 1.165) is 14.6 Å². The Bertz CT molecular complexity index is 459. The van der Waals surface area contributed by atoms with Gasteiger partial charge in [0.1, 0.15) is 13.0 Å². The van der Waals surface area contributed by atoms with Crippen LogP contribution >= 0.6 is 31.9 Å². The van der Waals surface area contributed by atoms with Crippen LogP contribution in [0.2, 0.25) is 0 Å². The van der Waals surface area contributed by atoms with Crippen LogP contribution in [0.1, 0.15) is 0 Å². The molecule has 0 bridgehead atoms. The quantitative estimate of drug-likeness (QED) is 0.783. The first-order valence-electron chi connectivity index (χ1n) is 4.55. The first kappa shape index (κ1) is 11.6. The molecule has 6 heteroatoms. The van der Waals surface area contributed by atoms with E-state index in [0.29, 0.717) is 12.7 Å². The molecule has 1 aliphatic heterocycles. The van der Waals surface area contributed by atoms with E-state index in [4.69, 9.17) is 4.74 Å². The molecular weight excluding hydrogens is 338 g/mol. The van der Waals surface area contributed by atoms with Crippen LogP contribution in [-0.4, -0.2) is 26.1 Å². The average Bonchev–Trinajstić information content (AvgIpc) is 2.29. The molecule has 2 rings (SSSR count). The Balaban J connectivity index is 2.22. The van der Waals surface area contributed by atoms with Crippen LogP contribution in [-0.2, 0) is 4.74 Å². The maximum Gasteiger partial charge on any atom is 0.314 e. The Labute approximate surface area is 110 Å². The van der Waals surface area contributed by atoms with E-state index in [-0.39, 0.29) is 0 Å². The Morgan fingerprint density at radius 3 is 2.75 bits per heavy atom. The highest BCUT2D eigenvalue weighted by Crippen LogP contribution is 2.29. The lowest BCUT2D eigenvalue weighted by Crippen LogP contribution is -2.27. The van der Waals surface area contributed by atoms with E-state index in [2.05, 4.69) is 41.8 Å². The smallest absolute Gasteiger partial charge is 0.314 e. The molecule has 0 saturated carbocycles. The van der Waals surface area contributed by atoms with Gasteiger partial charge in [0.25, 0.3) is 0 Å². The van der Waals surface area contributed by atoms with Crippen LogP contribution < -0.4 is 4.90 Å². The van der Waals surface area contributed by atoms with Gasteiger partial charge in [-0.3, -0.25) is 0 Å². The molecule has 0 fully saturated rings. The number of halogens is 2. The Morgan fingerprint density at radius 1 is 1.38 bits per heavy atom. The number of rotatable bonds is 1. The van der Waals surface area contributed by atoms with Crippen LogP contribution in [0, 0.1) is 0 Å². The molecule has 0 radical (unpaired) electrons. The van der Waals surface area contributed by atoms with Crippen LogP contribution in [0.5, 0.6) is 0 Å². The minimum absolute atomic E-state index is 0.407. The number of anilines is 1. The summed E-state index contributed by atoms with van der Waals surface area (Å²) in [7, 11) is 1.56. The topological polar surface area (TPSA) is 37.2 Å². The van der Waals surface area contributed by atoms with E-state index in [1.54, 1.807) is 13.4 Å². The van der Waals surface area contributed by atoms with Crippen molar-refractivity contribution in [3.05, 3.63) is 27.1 Å². The van der Waals surface area contributed by atoms with Crippen LogP contribution in [0.15, 0.2) is 37.1 Å². The van der Waals surface area contributed by atoms with Crippen molar-refractivity contribution in [2.45, 2.75) is 0 Å². The lowest BCUT2D eigenvalue weighted by atomic mass is 10.3. The van der Waals surface area contributed by atoms with E-state index in [9.17, 15) is 0 Å². The van der Waals surface area contributed by atoms with Crippen LogP contribution in [0.4, 0.5) is 5.69 Å². The van der Waals surface area contributed by atoms with Gasteiger partial charge in [-0.15, -0.1) is 0 Å². The average molecular weight is 347 g/mol. The molecule has 1 aromatic rings. The normalized spacial score (nSPS) is 14.9. The van der Waals surface area contributed by atoms with Crippen molar-refractivity contribution in [1.82, 2.24) is 0 Å². The number of hydrogen-bond donors (Lipinski definition) is 0. The first-order chi connectivity index (χ1) is 7.70. The first-order valence-corrected chi connectivity index (χ1v) is 6.13. The van der Waals surface area contributed by atoms with Gasteiger partial charge in [-0.25, -0.2) is 4.99 Å². The minimum atomic E-state index is 0.407. The second kappa shape index (κ2) is 4.97. The number of nitrogens with zero attached hydrogens (tertiary/aromatic N) is 3. The summed E-state index contributed by atoms with van der Waals surface area (Å²) in [6.07, 6.45) is 1.71. The molecule has 16 heavy (non-hydrogen) atoms.